The Morgan fingerprint density at radius 1 is 0.571 bits per heavy atom. The van der Waals surface area contributed by atoms with E-state index in [1.807, 2.05) is 0 Å². The van der Waals surface area contributed by atoms with Gasteiger partial charge in [0.15, 0.2) is 0 Å². The first-order chi connectivity index (χ1) is 5.46. The maximum Gasteiger partial charge on any atom is 0.378 e. The maximum absolute atomic E-state index is 12.0. The predicted molar refractivity (Wildman–Crippen MR) is 31.1 cm³/mol. The first-order valence-electron chi connectivity index (χ1n) is 2.97. The Morgan fingerprint density at radius 2 is 0.786 bits per heavy atom. The molecule has 0 bridgehead atoms. The van der Waals surface area contributed by atoms with E-state index in [1.54, 1.807) is 0 Å². The molecule has 0 aromatic heterocycles. The zero-order chi connectivity index (χ0) is 10.7. The Kier molecular flexibility index (Phi) is 2.62. The number of halogens is 8. The highest BCUT2D eigenvalue weighted by Crippen LogP contribution is 2.62. The summed E-state index contributed by atoms with van der Waals surface area (Å²) in [5, 5.41) is 0. The van der Waals surface area contributed by atoms with Crippen molar-refractivity contribution in [2.45, 2.75) is 37.5 Å². The monoisotopic (exact) mass is 230 g/mol. The van der Waals surface area contributed by atoms with Crippen LogP contribution < -0.4 is 0 Å². The second-order valence-electron chi connectivity index (χ2n) is 2.73. The van der Waals surface area contributed by atoms with E-state index in [-0.39, 0.29) is 7.43 Å². The van der Waals surface area contributed by atoms with Gasteiger partial charge in [-0.3, -0.25) is 0 Å². The average Bonchev–Trinajstić information content (AvgIpc) is 1.88. The summed E-state index contributed by atoms with van der Waals surface area (Å²) in [7, 11) is 0. The zero-order valence-electron chi connectivity index (χ0n) is 5.73. The topological polar surface area (TPSA) is 0 Å². The molecule has 1 rings (SSSR count). The van der Waals surface area contributed by atoms with Gasteiger partial charge in [-0.2, -0.15) is 35.1 Å². The van der Waals surface area contributed by atoms with Crippen molar-refractivity contribution in [1.29, 1.82) is 0 Å². The molecule has 86 valence electrons. The van der Waals surface area contributed by atoms with E-state index in [4.69, 9.17) is 0 Å². The lowest BCUT2D eigenvalue weighted by Gasteiger charge is -2.23. The molecule has 0 aliphatic heterocycles. The lowest BCUT2D eigenvalue weighted by molar-refractivity contribution is -0.303. The molecule has 14 heavy (non-hydrogen) atoms. The van der Waals surface area contributed by atoms with Gasteiger partial charge < -0.3 is 0 Å². The third-order valence-electron chi connectivity index (χ3n) is 1.76. The molecular formula is C6H6F8. The molecule has 0 unspecified atom stereocenters. The summed E-state index contributed by atoms with van der Waals surface area (Å²) < 4.78 is 96.1. The molecule has 1 fully saturated rings. The molecule has 0 aromatic carbocycles. The van der Waals surface area contributed by atoms with Crippen LogP contribution in [0.25, 0.3) is 0 Å². The first-order valence-corrected chi connectivity index (χ1v) is 2.97. The largest absolute Gasteiger partial charge is 0.378 e. The SMILES string of the molecule is C.FC1(F)CC(F)(F)C(F)(F)C1(F)F. The molecular weight excluding hydrogens is 224 g/mol. The standard InChI is InChI=1S/C5H2F8.CH4/c6-2(7)1-3(8,9)5(12,13)4(2,10)11;/h1H2;1H4. The molecule has 0 saturated heterocycles. The number of rotatable bonds is 0. The maximum atomic E-state index is 12.0. The van der Waals surface area contributed by atoms with Gasteiger partial charge in [0.05, 0.1) is 6.42 Å². The van der Waals surface area contributed by atoms with Crippen molar-refractivity contribution in [3.8, 4) is 0 Å². The summed E-state index contributed by atoms with van der Waals surface area (Å²) in [6.07, 6.45) is -2.83. The smallest absolute Gasteiger partial charge is 0.199 e. The van der Waals surface area contributed by atoms with E-state index in [9.17, 15) is 35.1 Å². The van der Waals surface area contributed by atoms with Crippen molar-refractivity contribution < 1.29 is 35.1 Å². The fourth-order valence-corrected chi connectivity index (χ4v) is 0.960. The average molecular weight is 230 g/mol. The Bertz CT molecular complexity index is 206. The summed E-state index contributed by atoms with van der Waals surface area (Å²) in [6, 6.07) is 0. The second-order valence-corrected chi connectivity index (χ2v) is 2.73. The van der Waals surface area contributed by atoms with E-state index >= 15 is 0 Å². The van der Waals surface area contributed by atoms with Crippen LogP contribution in [-0.4, -0.2) is 23.7 Å². The molecule has 0 aromatic rings. The van der Waals surface area contributed by atoms with E-state index in [2.05, 4.69) is 0 Å². The normalized spacial score (nSPS) is 30.9. The Balaban J connectivity index is 0.00000169. The number of alkyl halides is 8. The van der Waals surface area contributed by atoms with Crippen LogP contribution in [0.15, 0.2) is 0 Å². The van der Waals surface area contributed by atoms with Gasteiger partial charge in [-0.15, -0.1) is 0 Å². The van der Waals surface area contributed by atoms with Crippen LogP contribution in [0.4, 0.5) is 35.1 Å². The van der Waals surface area contributed by atoms with Gasteiger partial charge in [0.1, 0.15) is 0 Å². The predicted octanol–water partition coefficient (Wildman–Crippen LogP) is 3.57. The molecule has 1 aliphatic carbocycles. The van der Waals surface area contributed by atoms with Crippen LogP contribution in [0.3, 0.4) is 0 Å². The highest BCUT2D eigenvalue weighted by atomic mass is 19.4. The lowest BCUT2D eigenvalue weighted by Crippen LogP contribution is -2.51. The Labute approximate surface area is 73.9 Å². The van der Waals surface area contributed by atoms with Crippen molar-refractivity contribution in [2.24, 2.45) is 0 Å². The van der Waals surface area contributed by atoms with Gasteiger partial charge in [0.25, 0.3) is 0 Å². The summed E-state index contributed by atoms with van der Waals surface area (Å²) >= 11 is 0. The minimum atomic E-state index is -6.00. The van der Waals surface area contributed by atoms with Crippen molar-refractivity contribution in [2.75, 3.05) is 0 Å². The van der Waals surface area contributed by atoms with Crippen molar-refractivity contribution in [1.82, 2.24) is 0 Å². The van der Waals surface area contributed by atoms with Crippen molar-refractivity contribution in [3.63, 3.8) is 0 Å². The van der Waals surface area contributed by atoms with Crippen LogP contribution in [0.1, 0.15) is 13.8 Å². The van der Waals surface area contributed by atoms with Crippen LogP contribution in [0.2, 0.25) is 0 Å². The molecule has 1 saturated carbocycles. The molecule has 0 spiro atoms. The first kappa shape index (κ1) is 13.4. The fraction of sp³-hybridized carbons (Fsp3) is 1.00. The van der Waals surface area contributed by atoms with Crippen molar-refractivity contribution >= 4 is 0 Å². The van der Waals surface area contributed by atoms with Gasteiger partial charge in [-0.1, -0.05) is 7.43 Å². The second kappa shape index (κ2) is 2.73. The van der Waals surface area contributed by atoms with E-state index < -0.39 is 30.1 Å². The summed E-state index contributed by atoms with van der Waals surface area (Å²) in [5.41, 5.74) is 0. The third kappa shape index (κ3) is 1.18. The minimum Gasteiger partial charge on any atom is -0.199 e. The number of hydrogen-bond acceptors (Lipinski definition) is 0. The molecule has 0 nitrogen and oxygen atoms in total. The summed E-state index contributed by atoms with van der Waals surface area (Å²) in [6.45, 7) is 0. The van der Waals surface area contributed by atoms with E-state index in [1.165, 1.54) is 0 Å². The van der Waals surface area contributed by atoms with E-state index in [0.717, 1.165) is 0 Å². The van der Waals surface area contributed by atoms with Crippen molar-refractivity contribution in [3.05, 3.63) is 0 Å². The van der Waals surface area contributed by atoms with Crippen LogP contribution in [-0.2, 0) is 0 Å². The molecule has 0 amide bonds. The van der Waals surface area contributed by atoms with Gasteiger partial charge in [-0.25, -0.2) is 0 Å². The summed E-state index contributed by atoms with van der Waals surface area (Å²) in [5.74, 6) is -22.7. The van der Waals surface area contributed by atoms with Gasteiger partial charge in [-0.05, 0) is 0 Å². The number of hydrogen-bond donors (Lipinski definition) is 0. The van der Waals surface area contributed by atoms with Crippen LogP contribution in [0.5, 0.6) is 0 Å². The molecule has 1 aliphatic rings. The molecule has 0 radical (unpaired) electrons. The van der Waals surface area contributed by atoms with Gasteiger partial charge in [0.2, 0.25) is 0 Å². The van der Waals surface area contributed by atoms with E-state index in [0.29, 0.717) is 0 Å². The Morgan fingerprint density at radius 3 is 0.857 bits per heavy atom. The summed E-state index contributed by atoms with van der Waals surface area (Å²) in [4.78, 5) is 0. The molecule has 0 heterocycles. The minimum absolute atomic E-state index is 0. The van der Waals surface area contributed by atoms with Gasteiger partial charge >= 0.3 is 23.7 Å². The fourth-order valence-electron chi connectivity index (χ4n) is 0.960. The zero-order valence-corrected chi connectivity index (χ0v) is 5.73. The Hall–Kier alpha value is -0.560. The lowest BCUT2D eigenvalue weighted by atomic mass is 10.2. The highest BCUT2D eigenvalue weighted by molar-refractivity contribution is 5.12. The van der Waals surface area contributed by atoms with Crippen LogP contribution >= 0.6 is 0 Å². The molecule has 0 N–H and O–H groups in total. The third-order valence-corrected chi connectivity index (χ3v) is 1.76. The highest BCUT2D eigenvalue weighted by Gasteiger charge is 2.88. The molecule has 0 atom stereocenters. The van der Waals surface area contributed by atoms with Gasteiger partial charge in [0, 0.05) is 0 Å². The quantitative estimate of drug-likeness (QED) is 0.558. The van der Waals surface area contributed by atoms with Crippen LogP contribution in [0, 0.1) is 0 Å². The molecule has 8 heteroatoms.